The van der Waals surface area contributed by atoms with E-state index in [1.807, 2.05) is 17.0 Å². The Balaban J connectivity index is 1.35. The number of amides is 1. The third kappa shape index (κ3) is 5.84. The molecule has 1 aromatic heterocycles. The van der Waals surface area contributed by atoms with Gasteiger partial charge in [-0.15, -0.1) is 0 Å². The Morgan fingerprint density at radius 1 is 1.18 bits per heavy atom. The smallest absolute Gasteiger partial charge is 0.414 e. The number of carbonyl (C=O) groups excluding carboxylic acids is 2. The van der Waals surface area contributed by atoms with Gasteiger partial charge in [0.15, 0.2) is 5.78 Å². The summed E-state index contributed by atoms with van der Waals surface area (Å²) in [4.78, 5) is 30.6. The number of aromatic nitrogens is 1. The maximum Gasteiger partial charge on any atom is 0.414 e. The van der Waals surface area contributed by atoms with Gasteiger partial charge in [-0.2, -0.15) is 0 Å². The van der Waals surface area contributed by atoms with Crippen LogP contribution in [-0.2, 0) is 16.1 Å². The number of rotatable bonds is 8. The number of hydrogen-bond acceptors (Lipinski definition) is 7. The zero-order chi connectivity index (χ0) is 24.1. The van der Waals surface area contributed by atoms with E-state index in [0.29, 0.717) is 44.1 Å². The summed E-state index contributed by atoms with van der Waals surface area (Å²) in [5.41, 5.74) is 5.23. The van der Waals surface area contributed by atoms with Crippen molar-refractivity contribution in [2.24, 2.45) is 0 Å². The number of pyridine rings is 1. The Morgan fingerprint density at radius 2 is 1.97 bits per heavy atom. The Hall–Kier alpha value is -3.18. The van der Waals surface area contributed by atoms with Crippen molar-refractivity contribution in [2.45, 2.75) is 31.9 Å². The molecule has 0 unspecified atom stereocenters. The van der Waals surface area contributed by atoms with E-state index in [4.69, 9.17) is 4.74 Å². The quantitative estimate of drug-likeness (QED) is 0.626. The minimum absolute atomic E-state index is 0.00273. The summed E-state index contributed by atoms with van der Waals surface area (Å²) in [5, 5.41) is 2.08. The van der Waals surface area contributed by atoms with Crippen LogP contribution in [0.5, 0.6) is 0 Å². The van der Waals surface area contributed by atoms with Gasteiger partial charge in [0.2, 0.25) is 0 Å². The highest BCUT2D eigenvalue weighted by Crippen LogP contribution is 2.29. The van der Waals surface area contributed by atoms with E-state index < -0.39 is 30.2 Å². The summed E-state index contributed by atoms with van der Waals surface area (Å²) in [6.45, 7) is 3.32. The number of halogens is 3. The van der Waals surface area contributed by atoms with Crippen molar-refractivity contribution in [3.05, 3.63) is 54.1 Å². The van der Waals surface area contributed by atoms with Gasteiger partial charge in [0.05, 0.1) is 17.9 Å². The predicted molar refractivity (Wildman–Crippen MR) is 119 cm³/mol. The van der Waals surface area contributed by atoms with Crippen LogP contribution < -0.4 is 15.2 Å². The highest BCUT2D eigenvalue weighted by Gasteiger charge is 2.33. The van der Waals surface area contributed by atoms with Gasteiger partial charge >= 0.3 is 6.09 Å². The predicted octanol–water partition coefficient (Wildman–Crippen LogP) is 2.99. The Kier molecular flexibility index (Phi) is 7.63. The molecule has 0 spiro atoms. The number of ketones is 1. The Labute approximate surface area is 195 Å². The van der Waals surface area contributed by atoms with Crippen LogP contribution in [0.25, 0.3) is 0 Å². The van der Waals surface area contributed by atoms with Crippen molar-refractivity contribution in [2.75, 3.05) is 42.5 Å². The second kappa shape index (κ2) is 10.8. The number of cyclic esters (lactones) is 1. The number of anilines is 2. The van der Waals surface area contributed by atoms with Gasteiger partial charge < -0.3 is 9.64 Å². The highest BCUT2D eigenvalue weighted by molar-refractivity contribution is 5.90. The molecule has 0 radical (unpaired) electrons. The summed E-state index contributed by atoms with van der Waals surface area (Å²) in [5.74, 6) is -1.65. The standard InChI is InChI=1S/C23H26F3N5O3/c24-19-13-17(31-15-18(34-23(31)33)2-4-21(32)22(25)26)1-3-20(19)29-10-9-28-30(12-11-29)14-16-5-7-27-8-6-16/h1,3,5-8,13,18,22,28H,2,4,9-12,14-15H2/t18-/m0/s1. The van der Waals surface area contributed by atoms with E-state index in [0.717, 1.165) is 5.56 Å². The fraction of sp³-hybridized carbons (Fsp3) is 0.435. The number of hydrazine groups is 1. The summed E-state index contributed by atoms with van der Waals surface area (Å²) in [7, 11) is 0. The van der Waals surface area contributed by atoms with Crippen LogP contribution in [0.2, 0.25) is 0 Å². The van der Waals surface area contributed by atoms with E-state index in [1.54, 1.807) is 24.5 Å². The van der Waals surface area contributed by atoms with Gasteiger partial charge in [-0.3, -0.25) is 20.1 Å². The van der Waals surface area contributed by atoms with Crippen molar-refractivity contribution in [3.63, 3.8) is 0 Å². The van der Waals surface area contributed by atoms with Crippen LogP contribution in [0.15, 0.2) is 42.7 Å². The number of Topliss-reactive ketones (excluding diaryl/α,β-unsaturated/α-hetero) is 1. The van der Waals surface area contributed by atoms with Crippen molar-refractivity contribution in [1.82, 2.24) is 15.4 Å². The van der Waals surface area contributed by atoms with Crippen LogP contribution in [0, 0.1) is 5.82 Å². The molecule has 2 saturated heterocycles. The summed E-state index contributed by atoms with van der Waals surface area (Å²) < 4.78 is 45.0. The first kappa shape index (κ1) is 24.0. The lowest BCUT2D eigenvalue weighted by molar-refractivity contribution is -0.129. The molecule has 34 heavy (non-hydrogen) atoms. The molecule has 1 aromatic carbocycles. The number of alkyl halides is 2. The van der Waals surface area contributed by atoms with E-state index in [9.17, 15) is 18.4 Å². The lowest BCUT2D eigenvalue weighted by Crippen LogP contribution is -2.38. The lowest BCUT2D eigenvalue weighted by Gasteiger charge is -2.24. The van der Waals surface area contributed by atoms with Crippen LogP contribution in [0.3, 0.4) is 0 Å². The molecule has 2 aliphatic heterocycles. The number of ether oxygens (including phenoxy) is 1. The van der Waals surface area contributed by atoms with Crippen LogP contribution in [0.1, 0.15) is 18.4 Å². The zero-order valence-electron chi connectivity index (χ0n) is 18.5. The number of nitrogens with zero attached hydrogens (tertiary/aromatic N) is 4. The summed E-state index contributed by atoms with van der Waals surface area (Å²) >= 11 is 0. The van der Waals surface area contributed by atoms with Gasteiger partial charge in [-0.1, -0.05) is 0 Å². The second-order valence-electron chi connectivity index (χ2n) is 8.23. The molecule has 1 atom stereocenters. The van der Waals surface area contributed by atoms with Gasteiger partial charge in [0.25, 0.3) is 6.43 Å². The topological polar surface area (TPSA) is 78.0 Å². The molecule has 1 amide bonds. The first-order valence-electron chi connectivity index (χ1n) is 11.1. The van der Waals surface area contributed by atoms with E-state index >= 15 is 4.39 Å². The first-order valence-corrected chi connectivity index (χ1v) is 11.1. The van der Waals surface area contributed by atoms with Gasteiger partial charge in [0, 0.05) is 51.5 Å². The molecule has 2 aliphatic rings. The van der Waals surface area contributed by atoms with Crippen molar-refractivity contribution in [3.8, 4) is 0 Å². The lowest BCUT2D eigenvalue weighted by atomic mass is 10.1. The van der Waals surface area contributed by atoms with Crippen LogP contribution in [0.4, 0.5) is 29.3 Å². The maximum absolute atomic E-state index is 15.0. The normalized spacial score (nSPS) is 19.4. The fourth-order valence-corrected chi connectivity index (χ4v) is 4.07. The molecule has 4 rings (SSSR count). The molecule has 11 heteroatoms. The first-order chi connectivity index (χ1) is 16.4. The molecule has 0 saturated carbocycles. The number of benzene rings is 1. The average molecular weight is 477 g/mol. The van der Waals surface area contributed by atoms with Crippen molar-refractivity contribution >= 4 is 23.3 Å². The van der Waals surface area contributed by atoms with E-state index in [-0.39, 0.29) is 19.4 Å². The maximum atomic E-state index is 15.0. The Morgan fingerprint density at radius 3 is 2.71 bits per heavy atom. The molecule has 8 nitrogen and oxygen atoms in total. The summed E-state index contributed by atoms with van der Waals surface area (Å²) in [6.07, 6.45) is -1.30. The molecule has 182 valence electrons. The molecular formula is C23H26F3N5O3. The van der Waals surface area contributed by atoms with E-state index in [1.165, 1.54) is 11.0 Å². The third-order valence-electron chi connectivity index (χ3n) is 5.89. The average Bonchev–Trinajstić information content (AvgIpc) is 3.04. The SMILES string of the molecule is O=C(CC[C@H]1CN(c2ccc(N3CCNN(Cc4ccncc4)CC3)c(F)c2)C(=O)O1)C(F)F. The van der Waals surface area contributed by atoms with Crippen molar-refractivity contribution < 1.29 is 27.5 Å². The van der Waals surface area contributed by atoms with Gasteiger partial charge in [0.1, 0.15) is 11.9 Å². The largest absolute Gasteiger partial charge is 0.444 e. The van der Waals surface area contributed by atoms with Crippen molar-refractivity contribution in [1.29, 1.82) is 0 Å². The number of nitrogens with one attached hydrogen (secondary N) is 1. The molecule has 0 aliphatic carbocycles. The minimum Gasteiger partial charge on any atom is -0.444 e. The summed E-state index contributed by atoms with van der Waals surface area (Å²) in [6, 6.07) is 8.44. The van der Waals surface area contributed by atoms with Crippen LogP contribution in [-0.4, -0.2) is 67.1 Å². The molecule has 0 bridgehead atoms. The Bertz CT molecular complexity index is 1010. The third-order valence-corrected chi connectivity index (χ3v) is 5.89. The number of carbonyl (C=O) groups is 2. The van der Waals surface area contributed by atoms with Gasteiger partial charge in [-0.25, -0.2) is 23.0 Å². The zero-order valence-corrected chi connectivity index (χ0v) is 18.5. The molecule has 3 heterocycles. The monoisotopic (exact) mass is 477 g/mol. The molecule has 1 N–H and O–H groups in total. The fourth-order valence-electron chi connectivity index (χ4n) is 4.07. The highest BCUT2D eigenvalue weighted by atomic mass is 19.3. The minimum atomic E-state index is -3.04. The molecule has 2 aromatic rings. The second-order valence-corrected chi connectivity index (χ2v) is 8.23. The molecular weight excluding hydrogens is 451 g/mol. The van der Waals surface area contributed by atoms with E-state index in [2.05, 4.69) is 15.4 Å². The van der Waals surface area contributed by atoms with Gasteiger partial charge in [-0.05, 0) is 42.3 Å². The van der Waals surface area contributed by atoms with Crippen LogP contribution >= 0.6 is 0 Å². The molecule has 2 fully saturated rings. The number of hydrogen-bond donors (Lipinski definition) is 1.